The van der Waals surface area contributed by atoms with Crippen LogP contribution < -0.4 is 25.5 Å². The highest BCUT2D eigenvalue weighted by molar-refractivity contribution is 5.78. The quantitative estimate of drug-likeness (QED) is 0.731. The second-order valence-electron chi connectivity index (χ2n) is 6.34. The average molecular weight is 372 g/mol. The molecule has 1 aromatic carbocycles. The number of aryl methyl sites for hydroxylation is 2. The van der Waals surface area contributed by atoms with E-state index in [1.165, 1.54) is 4.57 Å². The first-order chi connectivity index (χ1) is 13.0. The Morgan fingerprint density at radius 3 is 2.85 bits per heavy atom. The van der Waals surface area contributed by atoms with E-state index in [9.17, 15) is 9.59 Å². The fraction of sp³-hybridized carbons (Fsp3) is 0.389. The molecule has 142 valence electrons. The first-order valence-electron chi connectivity index (χ1n) is 8.72. The van der Waals surface area contributed by atoms with Crippen LogP contribution in [0.1, 0.15) is 19.8 Å². The first kappa shape index (κ1) is 17.2. The predicted molar refractivity (Wildman–Crippen MR) is 98.6 cm³/mol. The van der Waals surface area contributed by atoms with E-state index in [2.05, 4.69) is 9.97 Å². The normalized spacial score (nSPS) is 12.7. The minimum absolute atomic E-state index is 0.119. The Labute approximate surface area is 154 Å². The summed E-state index contributed by atoms with van der Waals surface area (Å²) >= 11 is 0. The molecule has 0 aliphatic carbocycles. The predicted octanol–water partition coefficient (Wildman–Crippen LogP) is 1.63. The second kappa shape index (κ2) is 6.49. The molecule has 0 fully saturated rings. The molecule has 0 saturated heterocycles. The summed E-state index contributed by atoms with van der Waals surface area (Å²) in [5.41, 5.74) is 0.498. The summed E-state index contributed by atoms with van der Waals surface area (Å²) in [5, 5.41) is 0. The number of ether oxygens (including phenoxy) is 3. The number of H-pyrrole nitrogens is 1. The van der Waals surface area contributed by atoms with Gasteiger partial charge in [0.15, 0.2) is 22.7 Å². The number of aromatic nitrogens is 4. The number of nitrogens with one attached hydrogen (secondary N) is 1. The smallest absolute Gasteiger partial charge is 0.330 e. The molecule has 1 aliphatic heterocycles. The molecule has 0 spiro atoms. The molecule has 1 aliphatic rings. The number of hydrogen-bond acceptors (Lipinski definition) is 6. The topological polar surface area (TPSA) is 100 Å². The molecule has 3 aromatic rings. The highest BCUT2D eigenvalue weighted by Gasteiger charge is 2.24. The fourth-order valence-corrected chi connectivity index (χ4v) is 3.29. The molecule has 9 heteroatoms. The van der Waals surface area contributed by atoms with Gasteiger partial charge in [-0.15, -0.1) is 0 Å². The third-order valence-electron chi connectivity index (χ3n) is 4.66. The standard InChI is InChI=1S/C18H20N4O5/c1-4-5-6-22-16-13(17(23)20-18(22)24)21(2)15(19-16)10-7-11(25-3)14-12(8-10)26-9-27-14/h7-8H,4-6,9H2,1-3H3,(H,20,23,24). The zero-order valence-corrected chi connectivity index (χ0v) is 15.4. The number of nitrogens with zero attached hydrogens (tertiary/aromatic N) is 3. The van der Waals surface area contributed by atoms with Gasteiger partial charge in [-0.1, -0.05) is 13.3 Å². The van der Waals surface area contributed by atoms with Crippen LogP contribution in [0.15, 0.2) is 21.7 Å². The van der Waals surface area contributed by atoms with Gasteiger partial charge in [0, 0.05) is 19.2 Å². The maximum absolute atomic E-state index is 12.4. The zero-order chi connectivity index (χ0) is 19.1. The number of fused-ring (bicyclic) bond motifs is 2. The van der Waals surface area contributed by atoms with Crippen molar-refractivity contribution in [2.24, 2.45) is 7.05 Å². The monoisotopic (exact) mass is 372 g/mol. The summed E-state index contributed by atoms with van der Waals surface area (Å²) < 4.78 is 19.5. The molecule has 0 bridgehead atoms. The SMILES string of the molecule is CCCCn1c(=O)[nH]c(=O)c2c1nc(-c1cc(OC)c3c(c1)OCO3)n2C. The second-order valence-corrected chi connectivity index (χ2v) is 6.34. The van der Waals surface area contributed by atoms with Crippen molar-refractivity contribution in [3.63, 3.8) is 0 Å². The lowest BCUT2D eigenvalue weighted by molar-refractivity contribution is 0.171. The molecular weight excluding hydrogens is 352 g/mol. The summed E-state index contributed by atoms with van der Waals surface area (Å²) in [6.45, 7) is 2.65. The largest absolute Gasteiger partial charge is 0.493 e. The Kier molecular flexibility index (Phi) is 4.14. The van der Waals surface area contributed by atoms with Gasteiger partial charge in [-0.3, -0.25) is 14.3 Å². The van der Waals surface area contributed by atoms with Crippen molar-refractivity contribution >= 4 is 11.2 Å². The first-order valence-corrected chi connectivity index (χ1v) is 8.72. The van der Waals surface area contributed by atoms with Crippen LogP contribution in [0.5, 0.6) is 17.2 Å². The summed E-state index contributed by atoms with van der Waals surface area (Å²) in [4.78, 5) is 31.7. The Morgan fingerprint density at radius 1 is 1.30 bits per heavy atom. The van der Waals surface area contributed by atoms with Gasteiger partial charge in [-0.05, 0) is 18.6 Å². The number of imidazole rings is 1. The van der Waals surface area contributed by atoms with Crippen LogP contribution in [0.3, 0.4) is 0 Å². The van der Waals surface area contributed by atoms with Crippen LogP contribution in [0.2, 0.25) is 0 Å². The molecule has 0 radical (unpaired) electrons. The fourth-order valence-electron chi connectivity index (χ4n) is 3.29. The van der Waals surface area contributed by atoms with Crippen molar-refractivity contribution in [1.82, 2.24) is 19.1 Å². The number of rotatable bonds is 5. The van der Waals surface area contributed by atoms with E-state index in [4.69, 9.17) is 14.2 Å². The third-order valence-corrected chi connectivity index (χ3v) is 4.66. The molecule has 9 nitrogen and oxygen atoms in total. The Morgan fingerprint density at radius 2 is 2.11 bits per heavy atom. The highest BCUT2D eigenvalue weighted by Crippen LogP contribution is 2.44. The molecule has 27 heavy (non-hydrogen) atoms. The van der Waals surface area contributed by atoms with Gasteiger partial charge in [0.05, 0.1) is 7.11 Å². The highest BCUT2D eigenvalue weighted by atomic mass is 16.7. The van der Waals surface area contributed by atoms with E-state index in [1.807, 2.05) is 6.92 Å². The van der Waals surface area contributed by atoms with E-state index in [-0.39, 0.29) is 6.79 Å². The van der Waals surface area contributed by atoms with Gasteiger partial charge in [0.1, 0.15) is 5.82 Å². The summed E-state index contributed by atoms with van der Waals surface area (Å²) in [6, 6.07) is 3.56. The molecule has 4 rings (SSSR count). The Balaban J connectivity index is 1.96. The summed E-state index contributed by atoms with van der Waals surface area (Å²) in [5.74, 6) is 2.14. The van der Waals surface area contributed by atoms with Gasteiger partial charge >= 0.3 is 5.69 Å². The van der Waals surface area contributed by atoms with Gasteiger partial charge < -0.3 is 18.8 Å². The van der Waals surface area contributed by atoms with Crippen molar-refractivity contribution in [3.05, 3.63) is 33.0 Å². The zero-order valence-electron chi connectivity index (χ0n) is 15.4. The lowest BCUT2D eigenvalue weighted by Gasteiger charge is -2.08. The van der Waals surface area contributed by atoms with E-state index in [0.29, 0.717) is 46.3 Å². The van der Waals surface area contributed by atoms with Crippen molar-refractivity contribution in [1.29, 1.82) is 0 Å². The van der Waals surface area contributed by atoms with E-state index in [0.717, 1.165) is 12.8 Å². The van der Waals surface area contributed by atoms with Crippen molar-refractivity contribution in [2.45, 2.75) is 26.3 Å². The minimum atomic E-state index is -0.461. The Hall–Kier alpha value is -3.23. The van der Waals surface area contributed by atoms with Crippen molar-refractivity contribution in [2.75, 3.05) is 13.9 Å². The Bertz CT molecular complexity index is 1140. The van der Waals surface area contributed by atoms with E-state index < -0.39 is 11.2 Å². The van der Waals surface area contributed by atoms with E-state index >= 15 is 0 Å². The van der Waals surface area contributed by atoms with Crippen LogP contribution in [-0.4, -0.2) is 33.0 Å². The van der Waals surface area contributed by atoms with Gasteiger partial charge in [-0.25, -0.2) is 9.78 Å². The molecule has 0 saturated carbocycles. The summed E-state index contributed by atoms with van der Waals surface area (Å²) in [6.07, 6.45) is 1.73. The number of aromatic amines is 1. The van der Waals surface area contributed by atoms with Crippen molar-refractivity contribution in [3.8, 4) is 28.6 Å². The van der Waals surface area contributed by atoms with Crippen LogP contribution in [0, 0.1) is 0 Å². The molecule has 0 unspecified atom stereocenters. The van der Waals surface area contributed by atoms with Crippen LogP contribution in [-0.2, 0) is 13.6 Å². The molecule has 3 heterocycles. The van der Waals surface area contributed by atoms with Gasteiger partial charge in [-0.2, -0.15) is 0 Å². The lowest BCUT2D eigenvalue weighted by Crippen LogP contribution is -2.31. The molecule has 0 amide bonds. The number of hydrogen-bond donors (Lipinski definition) is 1. The number of unbranched alkanes of at least 4 members (excludes halogenated alkanes) is 1. The number of methoxy groups -OCH3 is 1. The number of benzene rings is 1. The van der Waals surface area contributed by atoms with Gasteiger partial charge in [0.2, 0.25) is 12.5 Å². The van der Waals surface area contributed by atoms with Crippen LogP contribution >= 0.6 is 0 Å². The van der Waals surface area contributed by atoms with E-state index in [1.54, 1.807) is 30.9 Å². The minimum Gasteiger partial charge on any atom is -0.493 e. The molecule has 0 atom stereocenters. The van der Waals surface area contributed by atoms with Crippen molar-refractivity contribution < 1.29 is 14.2 Å². The van der Waals surface area contributed by atoms with Crippen LogP contribution in [0.25, 0.3) is 22.6 Å². The molecular formula is C18H20N4O5. The van der Waals surface area contributed by atoms with Gasteiger partial charge in [0.25, 0.3) is 5.56 Å². The van der Waals surface area contributed by atoms with Crippen LogP contribution in [0.4, 0.5) is 0 Å². The average Bonchev–Trinajstić information content (AvgIpc) is 3.25. The maximum atomic E-state index is 12.4. The lowest BCUT2D eigenvalue weighted by atomic mass is 10.1. The third kappa shape index (κ3) is 2.66. The summed E-state index contributed by atoms with van der Waals surface area (Å²) in [7, 11) is 3.29. The maximum Gasteiger partial charge on any atom is 0.330 e. The molecule has 1 N–H and O–H groups in total. The molecule has 2 aromatic heterocycles.